The molecule has 0 aliphatic rings. The van der Waals surface area contributed by atoms with Gasteiger partial charge in [0.05, 0.1) is 11.1 Å². The highest BCUT2D eigenvalue weighted by atomic mass is 79.9. The van der Waals surface area contributed by atoms with Crippen molar-refractivity contribution in [2.75, 3.05) is 0 Å². The van der Waals surface area contributed by atoms with E-state index < -0.39 is 11.9 Å². The van der Waals surface area contributed by atoms with E-state index in [1.807, 2.05) is 0 Å². The Bertz CT molecular complexity index is 581. The molecule has 4 nitrogen and oxygen atoms in total. The number of carboxylic acids is 1. The SMILES string of the molecule is CCCCC(CCC(C)C)OC(=O)c1cc(Br)c(C)cc1C(=O)O. The average Bonchev–Trinajstić information content (AvgIpc) is 2.51. The van der Waals surface area contributed by atoms with Crippen LogP contribution in [0.4, 0.5) is 0 Å². The number of rotatable bonds is 9. The summed E-state index contributed by atoms with van der Waals surface area (Å²) in [4.78, 5) is 24.0. The summed E-state index contributed by atoms with van der Waals surface area (Å²) in [6.07, 6.45) is 4.45. The molecule has 1 atom stereocenters. The molecule has 0 bridgehead atoms. The minimum absolute atomic E-state index is 0.0150. The molecule has 1 aromatic rings. The number of carbonyl (C=O) groups is 2. The number of benzene rings is 1. The summed E-state index contributed by atoms with van der Waals surface area (Å²) in [5.41, 5.74) is 0.858. The number of unbranched alkanes of at least 4 members (excludes halogenated alkanes) is 1. The van der Waals surface area contributed by atoms with E-state index in [0.29, 0.717) is 10.4 Å². The zero-order valence-electron chi connectivity index (χ0n) is 14.9. The molecule has 1 N–H and O–H groups in total. The summed E-state index contributed by atoms with van der Waals surface area (Å²) >= 11 is 3.35. The third-order valence-corrected chi connectivity index (χ3v) is 4.82. The summed E-state index contributed by atoms with van der Waals surface area (Å²) in [6.45, 7) is 8.16. The lowest BCUT2D eigenvalue weighted by Gasteiger charge is -2.19. The molecule has 0 amide bonds. The number of carboxylic acid groups (broad SMARTS) is 1. The number of halogens is 1. The minimum atomic E-state index is -1.12. The maximum atomic E-state index is 12.5. The van der Waals surface area contributed by atoms with Crippen LogP contribution in [-0.4, -0.2) is 23.1 Å². The van der Waals surface area contributed by atoms with Gasteiger partial charge in [-0.05, 0) is 49.8 Å². The van der Waals surface area contributed by atoms with Gasteiger partial charge in [0, 0.05) is 4.47 Å². The zero-order chi connectivity index (χ0) is 18.3. The molecule has 1 rings (SSSR count). The first-order chi connectivity index (χ1) is 11.3. The number of aromatic carboxylic acids is 1. The molecule has 0 aliphatic carbocycles. The molecule has 1 unspecified atom stereocenters. The van der Waals surface area contributed by atoms with Gasteiger partial charge in [-0.3, -0.25) is 0 Å². The van der Waals surface area contributed by atoms with Gasteiger partial charge < -0.3 is 9.84 Å². The molecule has 0 aromatic heterocycles. The fourth-order valence-electron chi connectivity index (χ4n) is 2.46. The molecule has 0 saturated heterocycles. The lowest BCUT2D eigenvalue weighted by molar-refractivity contribution is 0.0238. The highest BCUT2D eigenvalue weighted by molar-refractivity contribution is 9.10. The Labute approximate surface area is 152 Å². The summed E-state index contributed by atoms with van der Waals surface area (Å²) in [5.74, 6) is -1.14. The lowest BCUT2D eigenvalue weighted by Crippen LogP contribution is -2.21. The van der Waals surface area contributed by atoms with Gasteiger partial charge in [-0.25, -0.2) is 9.59 Å². The van der Waals surface area contributed by atoms with Gasteiger partial charge in [0.2, 0.25) is 0 Å². The van der Waals surface area contributed by atoms with Gasteiger partial charge in [0.15, 0.2) is 0 Å². The van der Waals surface area contributed by atoms with Crippen molar-refractivity contribution < 1.29 is 19.4 Å². The predicted octanol–water partition coefficient (Wildman–Crippen LogP) is 5.61. The van der Waals surface area contributed by atoms with Crippen LogP contribution in [0.2, 0.25) is 0 Å². The third-order valence-electron chi connectivity index (χ3n) is 3.97. The summed E-state index contributed by atoms with van der Waals surface area (Å²) < 4.78 is 6.35. The molecule has 5 heteroatoms. The molecule has 24 heavy (non-hydrogen) atoms. The van der Waals surface area contributed by atoms with Gasteiger partial charge >= 0.3 is 11.9 Å². The molecular formula is C19H27BrO4. The number of hydrogen-bond acceptors (Lipinski definition) is 3. The Morgan fingerprint density at radius 3 is 2.38 bits per heavy atom. The molecule has 0 radical (unpaired) electrons. The van der Waals surface area contributed by atoms with Gasteiger partial charge in [0.25, 0.3) is 0 Å². The molecular weight excluding hydrogens is 372 g/mol. The first kappa shape index (κ1) is 20.7. The van der Waals surface area contributed by atoms with Crippen LogP contribution in [-0.2, 0) is 4.74 Å². The molecule has 0 heterocycles. The number of ether oxygens (including phenoxy) is 1. The smallest absolute Gasteiger partial charge is 0.339 e. The van der Waals surface area contributed by atoms with Gasteiger partial charge in [-0.15, -0.1) is 0 Å². The Morgan fingerprint density at radius 2 is 1.83 bits per heavy atom. The van der Waals surface area contributed by atoms with Crippen LogP contribution in [0.25, 0.3) is 0 Å². The molecule has 0 aliphatic heterocycles. The van der Waals surface area contributed by atoms with E-state index in [9.17, 15) is 14.7 Å². The van der Waals surface area contributed by atoms with Crippen molar-refractivity contribution in [2.24, 2.45) is 5.92 Å². The number of aryl methyl sites for hydroxylation is 1. The van der Waals surface area contributed by atoms with Crippen LogP contribution in [0, 0.1) is 12.8 Å². The normalized spacial score (nSPS) is 12.2. The molecule has 0 spiro atoms. The van der Waals surface area contributed by atoms with E-state index in [1.165, 1.54) is 6.07 Å². The van der Waals surface area contributed by atoms with Crippen molar-refractivity contribution in [2.45, 2.75) is 65.9 Å². The molecule has 1 aromatic carbocycles. The van der Waals surface area contributed by atoms with Crippen LogP contribution < -0.4 is 0 Å². The maximum Gasteiger partial charge on any atom is 0.339 e. The van der Waals surface area contributed by atoms with E-state index >= 15 is 0 Å². The molecule has 0 saturated carbocycles. The maximum absolute atomic E-state index is 12.5. The Hall–Kier alpha value is -1.36. The Kier molecular flexibility index (Phi) is 8.46. The standard InChI is InChI=1S/C19H27BrO4/c1-5-6-7-14(9-8-12(2)3)24-19(23)16-11-17(20)13(4)10-15(16)18(21)22/h10-12,14H,5-9H2,1-4H3,(H,21,22). The highest BCUT2D eigenvalue weighted by Gasteiger charge is 2.22. The van der Waals surface area contributed by atoms with Crippen molar-refractivity contribution in [3.8, 4) is 0 Å². The second-order valence-electron chi connectivity index (χ2n) is 6.59. The largest absolute Gasteiger partial charge is 0.478 e. The van der Waals surface area contributed by atoms with Crippen LogP contribution in [0.15, 0.2) is 16.6 Å². The topological polar surface area (TPSA) is 63.6 Å². The van der Waals surface area contributed by atoms with Crippen molar-refractivity contribution in [3.05, 3.63) is 33.3 Å². The van der Waals surface area contributed by atoms with Crippen LogP contribution >= 0.6 is 15.9 Å². The van der Waals surface area contributed by atoms with Crippen molar-refractivity contribution >= 4 is 27.9 Å². The fourth-order valence-corrected chi connectivity index (χ4v) is 2.80. The number of carbonyl (C=O) groups excluding carboxylic acids is 1. The van der Waals surface area contributed by atoms with Gasteiger partial charge in [-0.1, -0.05) is 49.5 Å². The monoisotopic (exact) mass is 398 g/mol. The van der Waals surface area contributed by atoms with E-state index in [-0.39, 0.29) is 17.2 Å². The second-order valence-corrected chi connectivity index (χ2v) is 7.45. The van der Waals surface area contributed by atoms with E-state index in [1.54, 1.807) is 13.0 Å². The van der Waals surface area contributed by atoms with E-state index in [0.717, 1.165) is 37.7 Å². The zero-order valence-corrected chi connectivity index (χ0v) is 16.5. The molecule has 134 valence electrons. The van der Waals surface area contributed by atoms with E-state index in [4.69, 9.17) is 4.74 Å². The van der Waals surface area contributed by atoms with E-state index in [2.05, 4.69) is 36.7 Å². The van der Waals surface area contributed by atoms with Crippen LogP contribution in [0.3, 0.4) is 0 Å². The Morgan fingerprint density at radius 1 is 1.17 bits per heavy atom. The average molecular weight is 399 g/mol. The highest BCUT2D eigenvalue weighted by Crippen LogP contribution is 2.24. The van der Waals surface area contributed by atoms with Crippen molar-refractivity contribution in [1.29, 1.82) is 0 Å². The summed E-state index contributed by atoms with van der Waals surface area (Å²) in [7, 11) is 0. The summed E-state index contributed by atoms with van der Waals surface area (Å²) in [6, 6.07) is 3.04. The van der Waals surface area contributed by atoms with Gasteiger partial charge in [0.1, 0.15) is 6.10 Å². The van der Waals surface area contributed by atoms with Crippen LogP contribution in [0.1, 0.15) is 79.2 Å². The first-order valence-corrected chi connectivity index (χ1v) is 9.29. The van der Waals surface area contributed by atoms with Crippen molar-refractivity contribution in [1.82, 2.24) is 0 Å². The van der Waals surface area contributed by atoms with Gasteiger partial charge in [-0.2, -0.15) is 0 Å². The van der Waals surface area contributed by atoms with Crippen molar-refractivity contribution in [3.63, 3.8) is 0 Å². The number of hydrogen-bond donors (Lipinski definition) is 1. The second kappa shape index (κ2) is 9.82. The predicted molar refractivity (Wildman–Crippen MR) is 98.6 cm³/mol. The Balaban J connectivity index is 2.97. The third kappa shape index (κ3) is 6.27. The number of esters is 1. The fraction of sp³-hybridized carbons (Fsp3) is 0.579. The minimum Gasteiger partial charge on any atom is -0.478 e. The first-order valence-electron chi connectivity index (χ1n) is 8.50. The lowest BCUT2D eigenvalue weighted by atomic mass is 10.0. The molecule has 0 fully saturated rings. The quantitative estimate of drug-likeness (QED) is 0.549. The summed E-state index contributed by atoms with van der Waals surface area (Å²) in [5, 5.41) is 9.36. The van der Waals surface area contributed by atoms with Crippen LogP contribution in [0.5, 0.6) is 0 Å².